The molecule has 4 atom stereocenters. The molecule has 1 amide bonds. The lowest BCUT2D eigenvalue weighted by molar-refractivity contribution is -0.180. The van der Waals surface area contributed by atoms with E-state index in [9.17, 15) is 19.5 Å². The number of ether oxygens (including phenoxy) is 3. The Kier molecular flexibility index (Phi) is 7.83. The Balaban J connectivity index is 1.96. The minimum atomic E-state index is -0.875. The number of hydrogen-bond acceptors (Lipinski definition) is 7. The lowest BCUT2D eigenvalue weighted by Crippen LogP contribution is -2.68. The molecule has 8 heteroatoms. The molecule has 2 rings (SSSR count). The highest BCUT2D eigenvalue weighted by Gasteiger charge is 2.54. The van der Waals surface area contributed by atoms with Gasteiger partial charge in [-0.05, 0) is 33.3 Å². The van der Waals surface area contributed by atoms with Gasteiger partial charge >= 0.3 is 12.1 Å². The third-order valence-electron chi connectivity index (χ3n) is 4.87. The number of aliphatic hydroxyl groups excluding tert-OH is 1. The number of nitrogens with zero attached hydrogens (tertiary/aromatic N) is 1. The van der Waals surface area contributed by atoms with Crippen LogP contribution in [0.2, 0.25) is 0 Å². The smallest absolute Gasteiger partial charge is 0.459 e. The van der Waals surface area contributed by atoms with Gasteiger partial charge in [0, 0.05) is 12.5 Å². The second-order valence-corrected chi connectivity index (χ2v) is 8.58. The van der Waals surface area contributed by atoms with Gasteiger partial charge in [-0.25, -0.2) is 4.79 Å². The largest absolute Gasteiger partial charge is 0.508 e. The van der Waals surface area contributed by atoms with Gasteiger partial charge in [-0.15, -0.1) is 0 Å². The van der Waals surface area contributed by atoms with Crippen LogP contribution in [0.5, 0.6) is 0 Å². The van der Waals surface area contributed by atoms with E-state index in [-0.39, 0.29) is 31.6 Å². The Labute approximate surface area is 177 Å². The number of rotatable bonds is 8. The Hall–Kier alpha value is -2.61. The van der Waals surface area contributed by atoms with Crippen molar-refractivity contribution >= 4 is 18.0 Å². The van der Waals surface area contributed by atoms with Gasteiger partial charge in [-0.1, -0.05) is 37.3 Å². The molecule has 1 aromatic carbocycles. The summed E-state index contributed by atoms with van der Waals surface area (Å²) in [5.74, 6) is -1.82. The minimum absolute atomic E-state index is 0.0618. The van der Waals surface area contributed by atoms with Crippen LogP contribution in [0.4, 0.5) is 4.79 Å². The van der Waals surface area contributed by atoms with E-state index in [1.165, 1.54) is 4.90 Å². The Morgan fingerprint density at radius 2 is 1.80 bits per heavy atom. The van der Waals surface area contributed by atoms with Crippen molar-refractivity contribution in [2.24, 2.45) is 11.8 Å². The molecular weight excluding hydrogens is 390 g/mol. The first-order valence-electron chi connectivity index (χ1n) is 10.0. The summed E-state index contributed by atoms with van der Waals surface area (Å²) in [5, 5.41) is 9.60. The van der Waals surface area contributed by atoms with Gasteiger partial charge in [0.05, 0.1) is 12.0 Å². The molecule has 0 unspecified atom stereocenters. The molecule has 0 aromatic heterocycles. The van der Waals surface area contributed by atoms with Crippen LogP contribution >= 0.6 is 0 Å². The second-order valence-electron chi connectivity index (χ2n) is 8.58. The molecule has 0 spiro atoms. The molecule has 1 aromatic rings. The molecule has 1 aliphatic rings. The molecule has 1 heterocycles. The predicted molar refractivity (Wildman–Crippen MR) is 108 cm³/mol. The van der Waals surface area contributed by atoms with E-state index < -0.39 is 35.8 Å². The fourth-order valence-electron chi connectivity index (χ4n) is 3.52. The normalized spacial score (nSPS) is 20.7. The highest BCUT2D eigenvalue weighted by molar-refractivity contribution is 5.90. The number of esters is 1. The maximum atomic E-state index is 12.7. The average Bonchev–Trinajstić information content (AvgIpc) is 2.67. The fraction of sp³-hybridized carbons (Fsp3) is 0.591. The zero-order valence-corrected chi connectivity index (χ0v) is 18.2. The molecule has 0 bridgehead atoms. The summed E-state index contributed by atoms with van der Waals surface area (Å²) in [5.41, 5.74) is 0.152. The number of aliphatic hydroxyl groups is 1. The van der Waals surface area contributed by atoms with Crippen LogP contribution in [0.25, 0.3) is 0 Å². The number of likely N-dealkylation sites (tertiary alicyclic amines) is 1. The summed E-state index contributed by atoms with van der Waals surface area (Å²) in [6, 6.07) is 8.71. The van der Waals surface area contributed by atoms with Crippen molar-refractivity contribution in [1.29, 1.82) is 0 Å². The molecule has 1 aliphatic heterocycles. The molecule has 30 heavy (non-hydrogen) atoms. The summed E-state index contributed by atoms with van der Waals surface area (Å²) in [6.45, 7) is 8.29. The van der Waals surface area contributed by atoms with Gasteiger partial charge in [-0.3, -0.25) is 9.59 Å². The predicted octanol–water partition coefficient (Wildman–Crippen LogP) is 2.53. The average molecular weight is 421 g/mol. The van der Waals surface area contributed by atoms with Gasteiger partial charge < -0.3 is 24.2 Å². The van der Waals surface area contributed by atoms with Crippen LogP contribution in [0, 0.1) is 11.8 Å². The number of β-lactam (4-membered cyclic amide) rings is 1. The standard InChI is InChI=1S/C22H31NO7/c1-14(12-24)19-18(20(26)23(19)11-17(25)30-22(3,4)5)15(2)29-21(27)28-13-16-9-7-6-8-10-16/h6-10,14-15,18-19,24H,11-13H2,1-5H3/t14-,15+,18+,19+/m0/s1. The molecule has 0 aliphatic carbocycles. The number of carbonyl (C=O) groups excluding carboxylic acids is 3. The molecule has 1 N–H and O–H groups in total. The van der Waals surface area contributed by atoms with Gasteiger partial charge in [0.25, 0.3) is 0 Å². The quantitative estimate of drug-likeness (QED) is 0.508. The molecule has 1 saturated heterocycles. The Bertz CT molecular complexity index is 744. The van der Waals surface area contributed by atoms with Crippen molar-refractivity contribution in [2.75, 3.05) is 13.2 Å². The molecular formula is C22H31NO7. The topological polar surface area (TPSA) is 102 Å². The second kappa shape index (κ2) is 9.93. The third-order valence-corrected chi connectivity index (χ3v) is 4.87. The zero-order valence-electron chi connectivity index (χ0n) is 18.2. The van der Waals surface area contributed by atoms with E-state index in [0.717, 1.165) is 5.56 Å². The van der Waals surface area contributed by atoms with Crippen LogP contribution in [-0.4, -0.2) is 58.9 Å². The van der Waals surface area contributed by atoms with Crippen molar-refractivity contribution < 1.29 is 33.7 Å². The first-order chi connectivity index (χ1) is 14.0. The van der Waals surface area contributed by atoms with Crippen molar-refractivity contribution in [1.82, 2.24) is 4.90 Å². The molecule has 8 nitrogen and oxygen atoms in total. The molecule has 166 valence electrons. The van der Waals surface area contributed by atoms with Gasteiger partial charge in [-0.2, -0.15) is 0 Å². The number of benzene rings is 1. The van der Waals surface area contributed by atoms with E-state index in [2.05, 4.69) is 0 Å². The van der Waals surface area contributed by atoms with Crippen LogP contribution in [0.15, 0.2) is 30.3 Å². The van der Waals surface area contributed by atoms with Crippen LogP contribution in [-0.2, 0) is 30.4 Å². The fourth-order valence-corrected chi connectivity index (χ4v) is 3.52. The van der Waals surface area contributed by atoms with Gasteiger partial charge in [0.15, 0.2) is 0 Å². The summed E-state index contributed by atoms with van der Waals surface area (Å²) < 4.78 is 15.7. The van der Waals surface area contributed by atoms with Gasteiger partial charge in [0.2, 0.25) is 5.91 Å². The van der Waals surface area contributed by atoms with Crippen molar-refractivity contribution in [2.45, 2.75) is 59.0 Å². The van der Waals surface area contributed by atoms with Crippen LogP contribution < -0.4 is 0 Å². The lowest BCUT2D eigenvalue weighted by atomic mass is 9.76. The Morgan fingerprint density at radius 3 is 2.37 bits per heavy atom. The summed E-state index contributed by atoms with van der Waals surface area (Å²) >= 11 is 0. The first kappa shape index (κ1) is 23.7. The van der Waals surface area contributed by atoms with Crippen LogP contribution in [0.3, 0.4) is 0 Å². The van der Waals surface area contributed by atoms with Gasteiger partial charge in [0.1, 0.15) is 24.9 Å². The summed E-state index contributed by atoms with van der Waals surface area (Å²) in [7, 11) is 0. The maximum Gasteiger partial charge on any atom is 0.508 e. The molecule has 1 fully saturated rings. The number of carbonyl (C=O) groups is 3. The number of amides is 1. The van der Waals surface area contributed by atoms with E-state index in [0.29, 0.717) is 0 Å². The summed E-state index contributed by atoms with van der Waals surface area (Å²) in [4.78, 5) is 38.3. The van der Waals surface area contributed by atoms with E-state index in [1.54, 1.807) is 34.6 Å². The molecule has 0 radical (unpaired) electrons. The SMILES string of the molecule is C[C@@H](CO)[C@@H]1[C@@H]([C@@H](C)OC(=O)OCc2ccccc2)C(=O)N1CC(=O)OC(C)(C)C. The van der Waals surface area contributed by atoms with Crippen molar-refractivity contribution in [3.63, 3.8) is 0 Å². The van der Waals surface area contributed by atoms with E-state index in [1.807, 2.05) is 30.3 Å². The van der Waals surface area contributed by atoms with Crippen molar-refractivity contribution in [3.8, 4) is 0 Å². The lowest BCUT2D eigenvalue weighted by Gasteiger charge is -2.50. The minimum Gasteiger partial charge on any atom is -0.459 e. The highest BCUT2D eigenvalue weighted by atomic mass is 16.7. The highest BCUT2D eigenvalue weighted by Crippen LogP contribution is 2.36. The monoisotopic (exact) mass is 421 g/mol. The molecule has 0 saturated carbocycles. The first-order valence-corrected chi connectivity index (χ1v) is 10.0. The van der Waals surface area contributed by atoms with Crippen LogP contribution in [0.1, 0.15) is 40.2 Å². The van der Waals surface area contributed by atoms with E-state index >= 15 is 0 Å². The third kappa shape index (κ3) is 6.19. The Morgan fingerprint density at radius 1 is 1.17 bits per heavy atom. The number of hydrogen-bond donors (Lipinski definition) is 1. The van der Waals surface area contributed by atoms with E-state index in [4.69, 9.17) is 14.2 Å². The van der Waals surface area contributed by atoms with Crippen molar-refractivity contribution in [3.05, 3.63) is 35.9 Å². The zero-order chi connectivity index (χ0) is 22.5. The summed E-state index contributed by atoms with van der Waals surface area (Å²) in [6.07, 6.45) is -1.64. The maximum absolute atomic E-state index is 12.7.